The van der Waals surface area contributed by atoms with E-state index < -0.39 is 5.97 Å². The molecule has 0 spiro atoms. The molecule has 0 unspecified atom stereocenters. The Kier molecular flexibility index (Phi) is 2.77. The van der Waals surface area contributed by atoms with E-state index in [-0.39, 0.29) is 23.8 Å². The fourth-order valence-electron chi connectivity index (χ4n) is 3.58. The van der Waals surface area contributed by atoms with Crippen molar-refractivity contribution in [2.24, 2.45) is 23.7 Å². The summed E-state index contributed by atoms with van der Waals surface area (Å²) in [5, 5.41) is 12.0. The van der Waals surface area contributed by atoms with Crippen LogP contribution < -0.4 is 5.32 Å². The minimum atomic E-state index is -0.683. The number of pyridine rings is 1. The Hall–Kier alpha value is -1.91. The van der Waals surface area contributed by atoms with E-state index in [1.807, 2.05) is 12.1 Å². The summed E-state index contributed by atoms with van der Waals surface area (Å²) in [5.41, 5.74) is 1.19. The molecule has 3 aliphatic carbocycles. The number of hydrogen-bond acceptors (Lipinski definition) is 3. The molecule has 0 saturated heterocycles. The topological polar surface area (TPSA) is 79.3 Å². The van der Waals surface area contributed by atoms with Crippen molar-refractivity contribution in [2.75, 3.05) is 0 Å². The van der Waals surface area contributed by atoms with Crippen molar-refractivity contribution in [3.63, 3.8) is 0 Å². The average molecular weight is 286 g/mol. The molecule has 1 heterocycles. The molecule has 5 nitrogen and oxygen atoms in total. The molecule has 0 aromatic carbocycles. The second-order valence-electron chi connectivity index (χ2n) is 6.59. The Morgan fingerprint density at radius 2 is 1.86 bits per heavy atom. The van der Waals surface area contributed by atoms with Gasteiger partial charge in [-0.15, -0.1) is 0 Å². The standard InChI is InChI=1S/C16H18N2O3/c19-15(12-5-9(12)8-1-3-17-4-2-8)18-14-7-11(14)10-6-13(10)16(20)21/h1-4,9-14H,5-7H2,(H,18,19)(H,20,21)/t9-,10+,11-,12+,13+,14-/m0/s1. The van der Waals surface area contributed by atoms with E-state index in [0.29, 0.717) is 17.8 Å². The van der Waals surface area contributed by atoms with E-state index >= 15 is 0 Å². The summed E-state index contributed by atoms with van der Waals surface area (Å²) in [6.07, 6.45) is 6.17. The molecule has 3 fully saturated rings. The number of amides is 1. The number of nitrogens with zero attached hydrogens (tertiary/aromatic N) is 1. The van der Waals surface area contributed by atoms with E-state index in [0.717, 1.165) is 19.3 Å². The van der Waals surface area contributed by atoms with E-state index in [1.165, 1.54) is 5.56 Å². The van der Waals surface area contributed by atoms with Crippen LogP contribution in [0.5, 0.6) is 0 Å². The summed E-state index contributed by atoms with van der Waals surface area (Å²) in [4.78, 5) is 27.1. The number of aliphatic carboxylic acids is 1. The van der Waals surface area contributed by atoms with Gasteiger partial charge in [0.15, 0.2) is 0 Å². The number of carboxylic acids is 1. The monoisotopic (exact) mass is 286 g/mol. The third kappa shape index (κ3) is 2.41. The highest BCUT2D eigenvalue weighted by molar-refractivity contribution is 5.83. The van der Waals surface area contributed by atoms with Crippen LogP contribution in [0.3, 0.4) is 0 Å². The van der Waals surface area contributed by atoms with E-state index in [1.54, 1.807) is 12.4 Å². The van der Waals surface area contributed by atoms with Gasteiger partial charge in [-0.1, -0.05) is 0 Å². The predicted octanol–water partition coefficient (Wildman–Crippen LogP) is 1.41. The highest BCUT2D eigenvalue weighted by Crippen LogP contribution is 2.55. The second-order valence-corrected chi connectivity index (χ2v) is 6.59. The zero-order valence-electron chi connectivity index (χ0n) is 11.6. The number of carbonyl (C=O) groups is 2. The third-order valence-corrected chi connectivity index (χ3v) is 5.14. The summed E-state index contributed by atoms with van der Waals surface area (Å²) in [6.45, 7) is 0. The number of hydrogen-bond donors (Lipinski definition) is 2. The maximum Gasteiger partial charge on any atom is 0.306 e. The molecule has 110 valence electrons. The van der Waals surface area contributed by atoms with Crippen LogP contribution in [-0.4, -0.2) is 28.0 Å². The number of rotatable bonds is 5. The largest absolute Gasteiger partial charge is 0.481 e. The summed E-state index contributed by atoms with van der Waals surface area (Å²) in [6, 6.07) is 4.16. The Labute approximate surface area is 122 Å². The highest BCUT2D eigenvalue weighted by Gasteiger charge is 2.57. The Morgan fingerprint density at radius 1 is 1.10 bits per heavy atom. The summed E-state index contributed by atoms with van der Waals surface area (Å²) < 4.78 is 0. The van der Waals surface area contributed by atoms with Gasteiger partial charge in [-0.05, 0) is 54.7 Å². The number of carboxylic acid groups (broad SMARTS) is 1. The van der Waals surface area contributed by atoms with Gasteiger partial charge in [-0.25, -0.2) is 0 Å². The molecule has 0 aliphatic heterocycles. The molecular weight excluding hydrogens is 268 g/mol. The van der Waals surface area contributed by atoms with E-state index in [9.17, 15) is 9.59 Å². The lowest BCUT2D eigenvalue weighted by atomic mass is 10.1. The van der Waals surface area contributed by atoms with Crippen molar-refractivity contribution in [2.45, 2.75) is 31.2 Å². The molecule has 3 saturated carbocycles. The third-order valence-electron chi connectivity index (χ3n) is 5.14. The zero-order chi connectivity index (χ0) is 14.6. The summed E-state index contributed by atoms with van der Waals surface area (Å²) in [7, 11) is 0. The maximum atomic E-state index is 12.2. The Balaban J connectivity index is 1.27. The normalized spacial score (nSPS) is 39.4. The smallest absolute Gasteiger partial charge is 0.306 e. The molecular formula is C16H18N2O3. The van der Waals surface area contributed by atoms with Crippen LogP contribution in [0.1, 0.15) is 30.7 Å². The van der Waals surface area contributed by atoms with Crippen LogP contribution in [0.25, 0.3) is 0 Å². The Bertz CT molecular complexity index is 588. The van der Waals surface area contributed by atoms with Crippen molar-refractivity contribution in [1.82, 2.24) is 10.3 Å². The minimum Gasteiger partial charge on any atom is -0.481 e. The molecule has 6 atom stereocenters. The number of carbonyl (C=O) groups excluding carboxylic acids is 1. The first kappa shape index (κ1) is 12.8. The molecule has 5 heteroatoms. The van der Waals surface area contributed by atoms with Crippen molar-refractivity contribution in [1.29, 1.82) is 0 Å². The lowest BCUT2D eigenvalue weighted by molar-refractivity contribution is -0.138. The second kappa shape index (κ2) is 4.55. The van der Waals surface area contributed by atoms with Crippen molar-refractivity contribution >= 4 is 11.9 Å². The molecule has 4 rings (SSSR count). The molecule has 3 aliphatic rings. The maximum absolute atomic E-state index is 12.2. The van der Waals surface area contributed by atoms with Gasteiger partial charge in [-0.2, -0.15) is 0 Å². The van der Waals surface area contributed by atoms with Crippen molar-refractivity contribution < 1.29 is 14.7 Å². The molecule has 2 N–H and O–H groups in total. The SMILES string of the molecule is O=C(O)[C@@H]1C[C@@H]1[C@@H]1C[C@@H]1NC(=O)[C@@H]1C[C@H]1c1ccncc1. The van der Waals surface area contributed by atoms with Gasteiger partial charge < -0.3 is 10.4 Å². The fraction of sp³-hybridized carbons (Fsp3) is 0.562. The lowest BCUT2D eigenvalue weighted by Gasteiger charge is -2.04. The molecule has 1 aromatic heterocycles. The summed E-state index contributed by atoms with van der Waals surface area (Å²) >= 11 is 0. The predicted molar refractivity (Wildman–Crippen MR) is 74.4 cm³/mol. The first-order chi connectivity index (χ1) is 10.1. The van der Waals surface area contributed by atoms with E-state index in [4.69, 9.17) is 5.11 Å². The fourth-order valence-corrected chi connectivity index (χ4v) is 3.58. The summed E-state index contributed by atoms with van der Waals surface area (Å²) in [5.74, 6) is 0.397. The van der Waals surface area contributed by atoms with Crippen LogP contribution in [0.4, 0.5) is 0 Å². The van der Waals surface area contributed by atoms with Gasteiger partial charge in [0.05, 0.1) is 5.92 Å². The number of aromatic nitrogens is 1. The van der Waals surface area contributed by atoms with Crippen LogP contribution in [-0.2, 0) is 9.59 Å². The van der Waals surface area contributed by atoms with Gasteiger partial charge >= 0.3 is 5.97 Å². The van der Waals surface area contributed by atoms with Crippen molar-refractivity contribution in [3.8, 4) is 0 Å². The number of nitrogens with one attached hydrogen (secondary N) is 1. The molecule has 1 aromatic rings. The van der Waals surface area contributed by atoms with Crippen LogP contribution in [0.15, 0.2) is 24.5 Å². The van der Waals surface area contributed by atoms with Gasteiger partial charge in [0, 0.05) is 24.4 Å². The van der Waals surface area contributed by atoms with Gasteiger partial charge in [0.2, 0.25) is 5.91 Å². The van der Waals surface area contributed by atoms with Gasteiger partial charge in [-0.3, -0.25) is 14.6 Å². The van der Waals surface area contributed by atoms with Gasteiger partial charge in [0.25, 0.3) is 0 Å². The van der Waals surface area contributed by atoms with Crippen molar-refractivity contribution in [3.05, 3.63) is 30.1 Å². The molecule has 21 heavy (non-hydrogen) atoms. The van der Waals surface area contributed by atoms with Crippen LogP contribution >= 0.6 is 0 Å². The first-order valence-electron chi connectivity index (χ1n) is 7.58. The lowest BCUT2D eigenvalue weighted by Crippen LogP contribution is -2.29. The average Bonchev–Trinajstić information content (AvgIpc) is 3.35. The minimum absolute atomic E-state index is 0.0862. The van der Waals surface area contributed by atoms with Gasteiger partial charge in [0.1, 0.15) is 0 Å². The van der Waals surface area contributed by atoms with Crippen LogP contribution in [0, 0.1) is 23.7 Å². The quantitative estimate of drug-likeness (QED) is 0.857. The first-order valence-corrected chi connectivity index (χ1v) is 7.58. The van der Waals surface area contributed by atoms with E-state index in [2.05, 4.69) is 10.3 Å². The molecule has 0 bridgehead atoms. The molecule has 0 radical (unpaired) electrons. The zero-order valence-corrected chi connectivity index (χ0v) is 11.6. The Morgan fingerprint density at radius 3 is 2.52 bits per heavy atom. The van der Waals surface area contributed by atoms with Crippen LogP contribution in [0.2, 0.25) is 0 Å². The highest BCUT2D eigenvalue weighted by atomic mass is 16.4. The molecule has 1 amide bonds.